The van der Waals surface area contributed by atoms with Crippen LogP contribution in [0.5, 0.6) is 0 Å². The predicted molar refractivity (Wildman–Crippen MR) is 49.2 cm³/mol. The highest BCUT2D eigenvalue weighted by Gasteiger charge is 2.10. The molecule has 0 aliphatic rings. The number of carbonyl (C=O) groups excluding carboxylic acids is 1. The fraction of sp³-hybridized carbons (Fsp3) is 0.222. The number of hydrogen-bond acceptors (Lipinski definition) is 2. The van der Waals surface area contributed by atoms with Gasteiger partial charge in [-0.15, -0.1) is 0 Å². The van der Waals surface area contributed by atoms with Crippen molar-refractivity contribution in [3.05, 3.63) is 29.6 Å². The predicted octanol–water partition coefficient (Wildman–Crippen LogP) is 0.991. The molecular weight excluding hydrogens is 171 g/mol. The summed E-state index contributed by atoms with van der Waals surface area (Å²) in [6.07, 6.45) is 0. The van der Waals surface area contributed by atoms with Gasteiger partial charge in [0.2, 0.25) is 0 Å². The van der Waals surface area contributed by atoms with Crippen LogP contribution in [-0.4, -0.2) is 20.0 Å². The zero-order chi connectivity index (χ0) is 10.0. The van der Waals surface area contributed by atoms with E-state index in [0.29, 0.717) is 5.69 Å². The standard InChI is InChI=1S/C9H11FN2O/c1-12(2)8-4-3-6(10)5-7(8)9(11)13/h3-5H,1-2H3,(H2,11,13). The lowest BCUT2D eigenvalue weighted by Crippen LogP contribution is -2.18. The molecule has 0 fully saturated rings. The molecule has 3 nitrogen and oxygen atoms in total. The van der Waals surface area contributed by atoms with Gasteiger partial charge in [-0.05, 0) is 18.2 Å². The molecule has 4 heteroatoms. The molecule has 0 radical (unpaired) electrons. The largest absolute Gasteiger partial charge is 0.377 e. The third-order valence-corrected chi connectivity index (χ3v) is 1.71. The van der Waals surface area contributed by atoms with Crippen molar-refractivity contribution in [3.8, 4) is 0 Å². The summed E-state index contributed by atoms with van der Waals surface area (Å²) in [4.78, 5) is 12.6. The Morgan fingerprint density at radius 2 is 2.08 bits per heavy atom. The monoisotopic (exact) mass is 182 g/mol. The van der Waals surface area contributed by atoms with Crippen LogP contribution in [0.3, 0.4) is 0 Å². The average Bonchev–Trinajstić information content (AvgIpc) is 2.03. The summed E-state index contributed by atoms with van der Waals surface area (Å²) < 4.78 is 12.7. The van der Waals surface area contributed by atoms with E-state index in [1.54, 1.807) is 19.0 Å². The molecule has 0 aliphatic carbocycles. The first-order chi connectivity index (χ1) is 6.02. The first-order valence-electron chi connectivity index (χ1n) is 3.79. The van der Waals surface area contributed by atoms with Gasteiger partial charge in [-0.1, -0.05) is 0 Å². The fourth-order valence-corrected chi connectivity index (χ4v) is 1.10. The van der Waals surface area contributed by atoms with Crippen molar-refractivity contribution in [2.75, 3.05) is 19.0 Å². The molecular formula is C9H11FN2O. The number of benzene rings is 1. The van der Waals surface area contributed by atoms with Gasteiger partial charge >= 0.3 is 0 Å². The third-order valence-electron chi connectivity index (χ3n) is 1.71. The maximum absolute atomic E-state index is 12.7. The van der Waals surface area contributed by atoms with E-state index in [1.165, 1.54) is 12.1 Å². The van der Waals surface area contributed by atoms with Gasteiger partial charge in [-0.25, -0.2) is 4.39 Å². The number of halogens is 1. The number of primary amides is 1. The molecule has 0 heterocycles. The second-order valence-corrected chi connectivity index (χ2v) is 2.92. The van der Waals surface area contributed by atoms with Gasteiger partial charge in [-0.3, -0.25) is 4.79 Å². The Morgan fingerprint density at radius 1 is 1.46 bits per heavy atom. The van der Waals surface area contributed by atoms with E-state index in [-0.39, 0.29) is 5.56 Å². The van der Waals surface area contributed by atoms with Crippen molar-refractivity contribution in [1.82, 2.24) is 0 Å². The third kappa shape index (κ3) is 1.96. The van der Waals surface area contributed by atoms with E-state index in [0.717, 1.165) is 6.07 Å². The van der Waals surface area contributed by atoms with Gasteiger partial charge in [-0.2, -0.15) is 0 Å². The van der Waals surface area contributed by atoms with Crippen LogP contribution in [0.15, 0.2) is 18.2 Å². The van der Waals surface area contributed by atoms with Crippen LogP contribution in [0.1, 0.15) is 10.4 Å². The first-order valence-corrected chi connectivity index (χ1v) is 3.79. The lowest BCUT2D eigenvalue weighted by Gasteiger charge is -2.15. The second kappa shape index (κ2) is 3.43. The highest BCUT2D eigenvalue weighted by Crippen LogP contribution is 2.18. The van der Waals surface area contributed by atoms with Gasteiger partial charge in [0, 0.05) is 19.8 Å². The molecule has 0 unspecified atom stereocenters. The number of nitrogens with two attached hydrogens (primary N) is 1. The van der Waals surface area contributed by atoms with Crippen molar-refractivity contribution in [2.24, 2.45) is 5.73 Å². The number of rotatable bonds is 2. The van der Waals surface area contributed by atoms with E-state index in [1.807, 2.05) is 0 Å². The van der Waals surface area contributed by atoms with Crippen LogP contribution in [0, 0.1) is 5.82 Å². The zero-order valence-corrected chi connectivity index (χ0v) is 7.54. The molecule has 1 aromatic rings. The van der Waals surface area contributed by atoms with Gasteiger partial charge in [0.15, 0.2) is 0 Å². The van der Waals surface area contributed by atoms with Crippen LogP contribution in [0.2, 0.25) is 0 Å². The number of nitrogens with zero attached hydrogens (tertiary/aromatic N) is 1. The van der Waals surface area contributed by atoms with Crippen molar-refractivity contribution < 1.29 is 9.18 Å². The zero-order valence-electron chi connectivity index (χ0n) is 7.54. The van der Waals surface area contributed by atoms with Crippen LogP contribution in [0.25, 0.3) is 0 Å². The second-order valence-electron chi connectivity index (χ2n) is 2.92. The van der Waals surface area contributed by atoms with Crippen molar-refractivity contribution in [3.63, 3.8) is 0 Å². The lowest BCUT2D eigenvalue weighted by molar-refractivity contribution is 0.100. The highest BCUT2D eigenvalue weighted by molar-refractivity contribution is 5.98. The Hall–Kier alpha value is -1.58. The van der Waals surface area contributed by atoms with Crippen LogP contribution in [0.4, 0.5) is 10.1 Å². The fourth-order valence-electron chi connectivity index (χ4n) is 1.10. The summed E-state index contributed by atoms with van der Waals surface area (Å²) in [7, 11) is 3.53. The Balaban J connectivity index is 3.27. The molecule has 2 N–H and O–H groups in total. The summed E-state index contributed by atoms with van der Waals surface area (Å²) in [6, 6.07) is 3.95. The topological polar surface area (TPSA) is 46.3 Å². The van der Waals surface area contributed by atoms with Gasteiger partial charge in [0.1, 0.15) is 5.82 Å². The van der Waals surface area contributed by atoms with Crippen molar-refractivity contribution in [2.45, 2.75) is 0 Å². The first kappa shape index (κ1) is 9.51. The SMILES string of the molecule is CN(C)c1ccc(F)cc1C(N)=O. The Bertz CT molecular complexity index is 336. The Labute approximate surface area is 76.0 Å². The molecule has 0 spiro atoms. The van der Waals surface area contributed by atoms with E-state index in [2.05, 4.69) is 0 Å². The Kier molecular flexibility index (Phi) is 2.51. The smallest absolute Gasteiger partial charge is 0.250 e. The molecule has 0 aromatic heterocycles. The minimum Gasteiger partial charge on any atom is -0.377 e. The van der Waals surface area contributed by atoms with Crippen molar-refractivity contribution >= 4 is 11.6 Å². The van der Waals surface area contributed by atoms with Crippen LogP contribution >= 0.6 is 0 Å². The van der Waals surface area contributed by atoms with E-state index < -0.39 is 11.7 Å². The summed E-state index contributed by atoms with van der Waals surface area (Å²) in [5.41, 5.74) is 5.91. The summed E-state index contributed by atoms with van der Waals surface area (Å²) in [6.45, 7) is 0. The molecule has 0 saturated heterocycles. The maximum Gasteiger partial charge on any atom is 0.250 e. The molecule has 13 heavy (non-hydrogen) atoms. The molecule has 1 rings (SSSR count). The summed E-state index contributed by atoms with van der Waals surface area (Å²) >= 11 is 0. The van der Waals surface area contributed by atoms with Crippen LogP contribution in [-0.2, 0) is 0 Å². The number of amides is 1. The number of carbonyl (C=O) groups is 1. The van der Waals surface area contributed by atoms with E-state index in [4.69, 9.17) is 5.73 Å². The van der Waals surface area contributed by atoms with Gasteiger partial charge in [0.05, 0.1) is 5.56 Å². The summed E-state index contributed by atoms with van der Waals surface area (Å²) in [5.74, 6) is -1.08. The quantitative estimate of drug-likeness (QED) is 0.741. The number of anilines is 1. The van der Waals surface area contributed by atoms with Crippen molar-refractivity contribution in [1.29, 1.82) is 0 Å². The maximum atomic E-state index is 12.7. The minimum atomic E-state index is -0.622. The molecule has 1 aromatic carbocycles. The van der Waals surface area contributed by atoms with Crippen LogP contribution < -0.4 is 10.6 Å². The Morgan fingerprint density at radius 3 is 2.54 bits per heavy atom. The molecule has 0 aliphatic heterocycles. The van der Waals surface area contributed by atoms with Gasteiger partial charge < -0.3 is 10.6 Å². The molecule has 0 atom stereocenters. The average molecular weight is 182 g/mol. The van der Waals surface area contributed by atoms with Gasteiger partial charge in [0.25, 0.3) is 5.91 Å². The normalized spacial score (nSPS) is 9.77. The molecule has 0 bridgehead atoms. The molecule has 1 amide bonds. The minimum absolute atomic E-state index is 0.199. The highest BCUT2D eigenvalue weighted by atomic mass is 19.1. The lowest BCUT2D eigenvalue weighted by atomic mass is 10.1. The summed E-state index contributed by atoms with van der Waals surface area (Å²) in [5, 5.41) is 0. The molecule has 70 valence electrons. The van der Waals surface area contributed by atoms with E-state index >= 15 is 0 Å². The van der Waals surface area contributed by atoms with E-state index in [9.17, 15) is 9.18 Å². The molecule has 0 saturated carbocycles. The number of hydrogen-bond donors (Lipinski definition) is 1.